The Morgan fingerprint density at radius 2 is 1.45 bits per heavy atom. The molecular formula is C17H17FNO2S-. The van der Waals surface area contributed by atoms with E-state index >= 15 is 0 Å². The lowest BCUT2D eigenvalue weighted by atomic mass is 10.1. The molecule has 5 heteroatoms. The molecule has 0 amide bonds. The molecule has 0 spiro atoms. The van der Waals surface area contributed by atoms with Crippen LogP contribution in [0.25, 0.3) is 11.1 Å². The highest BCUT2D eigenvalue weighted by Crippen LogP contribution is 2.30. The largest absolute Gasteiger partial charge is 0.755 e. The second kappa shape index (κ2) is 6.58. The van der Waals surface area contributed by atoms with Crippen LogP contribution >= 0.6 is 0 Å². The highest BCUT2D eigenvalue weighted by Gasteiger charge is 2.23. The summed E-state index contributed by atoms with van der Waals surface area (Å²) in [5.41, 5.74) is 2.53. The summed E-state index contributed by atoms with van der Waals surface area (Å²) in [6.07, 6.45) is 3.97. The molecular weight excluding hydrogens is 301 g/mol. The van der Waals surface area contributed by atoms with Gasteiger partial charge in [0.1, 0.15) is 5.82 Å². The summed E-state index contributed by atoms with van der Waals surface area (Å²) in [4.78, 5) is 0. The quantitative estimate of drug-likeness (QED) is 0.799. The maximum absolute atomic E-state index is 13.0. The van der Waals surface area contributed by atoms with Gasteiger partial charge in [-0.3, -0.25) is 8.51 Å². The molecule has 1 unspecified atom stereocenters. The van der Waals surface area contributed by atoms with E-state index in [2.05, 4.69) is 0 Å². The first kappa shape index (κ1) is 15.2. The van der Waals surface area contributed by atoms with Crippen LogP contribution in [0.3, 0.4) is 0 Å². The third-order valence-electron chi connectivity index (χ3n) is 4.12. The van der Waals surface area contributed by atoms with E-state index in [1.54, 1.807) is 12.1 Å². The normalized spacial score (nSPS) is 16.6. The molecule has 0 bridgehead atoms. The molecule has 2 aromatic rings. The van der Waals surface area contributed by atoms with Gasteiger partial charge in [-0.25, -0.2) is 4.39 Å². The predicted molar refractivity (Wildman–Crippen MR) is 85.5 cm³/mol. The molecule has 0 radical (unpaired) electrons. The Bertz CT molecular complexity index is 651. The second-order valence-electron chi connectivity index (χ2n) is 5.53. The van der Waals surface area contributed by atoms with Crippen LogP contribution in [0, 0.1) is 5.82 Å². The van der Waals surface area contributed by atoms with Gasteiger partial charge in [-0.15, -0.1) is 0 Å². The molecule has 1 saturated carbocycles. The van der Waals surface area contributed by atoms with Gasteiger partial charge in [0.25, 0.3) is 0 Å². The van der Waals surface area contributed by atoms with Crippen molar-refractivity contribution in [1.82, 2.24) is 0 Å². The second-order valence-corrected chi connectivity index (χ2v) is 6.36. The summed E-state index contributed by atoms with van der Waals surface area (Å²) in [5, 5.41) is 0. The fraction of sp³-hybridized carbons (Fsp3) is 0.294. The van der Waals surface area contributed by atoms with Crippen molar-refractivity contribution in [3.63, 3.8) is 0 Å². The van der Waals surface area contributed by atoms with Gasteiger partial charge in [0.2, 0.25) is 0 Å². The van der Waals surface area contributed by atoms with Crippen LogP contribution in [0.15, 0.2) is 48.5 Å². The lowest BCUT2D eigenvalue weighted by Gasteiger charge is -2.32. The topological polar surface area (TPSA) is 43.4 Å². The van der Waals surface area contributed by atoms with Gasteiger partial charge in [0.15, 0.2) is 0 Å². The summed E-state index contributed by atoms with van der Waals surface area (Å²) < 4.78 is 37.6. The number of anilines is 1. The third-order valence-corrected chi connectivity index (χ3v) is 4.95. The minimum absolute atomic E-state index is 0.0648. The Morgan fingerprint density at radius 1 is 0.955 bits per heavy atom. The summed E-state index contributed by atoms with van der Waals surface area (Å²) in [7, 11) is 0. The molecule has 116 valence electrons. The summed E-state index contributed by atoms with van der Waals surface area (Å²) in [5.74, 6) is -0.269. The lowest BCUT2D eigenvalue weighted by Crippen LogP contribution is -2.34. The Morgan fingerprint density at radius 3 is 1.95 bits per heavy atom. The van der Waals surface area contributed by atoms with Gasteiger partial charge in [-0.2, -0.15) is 0 Å². The maximum Gasteiger partial charge on any atom is 0.123 e. The fourth-order valence-electron chi connectivity index (χ4n) is 3.00. The Labute approximate surface area is 132 Å². The molecule has 2 aromatic carbocycles. The van der Waals surface area contributed by atoms with Crippen molar-refractivity contribution in [3.8, 4) is 11.1 Å². The number of benzene rings is 2. The van der Waals surface area contributed by atoms with E-state index in [4.69, 9.17) is 0 Å². The van der Waals surface area contributed by atoms with E-state index in [9.17, 15) is 13.2 Å². The van der Waals surface area contributed by atoms with Crippen molar-refractivity contribution < 1.29 is 13.2 Å². The minimum atomic E-state index is -2.26. The van der Waals surface area contributed by atoms with Crippen molar-refractivity contribution in [2.45, 2.75) is 31.7 Å². The zero-order valence-electron chi connectivity index (χ0n) is 12.1. The average Bonchev–Trinajstić information content (AvgIpc) is 3.03. The van der Waals surface area contributed by atoms with Gasteiger partial charge < -0.3 is 4.55 Å². The van der Waals surface area contributed by atoms with Crippen LogP contribution in [0.5, 0.6) is 0 Å². The van der Waals surface area contributed by atoms with Crippen LogP contribution < -0.4 is 4.31 Å². The zero-order chi connectivity index (χ0) is 15.5. The average molecular weight is 318 g/mol. The molecule has 1 fully saturated rings. The molecule has 0 heterocycles. The van der Waals surface area contributed by atoms with Crippen LogP contribution in [-0.2, 0) is 11.3 Å². The number of hydrogen-bond acceptors (Lipinski definition) is 2. The van der Waals surface area contributed by atoms with Crippen molar-refractivity contribution in [1.29, 1.82) is 0 Å². The van der Waals surface area contributed by atoms with Crippen LogP contribution in [0.2, 0.25) is 0 Å². The van der Waals surface area contributed by atoms with E-state index < -0.39 is 11.3 Å². The lowest BCUT2D eigenvalue weighted by molar-refractivity contribution is 0.521. The Balaban J connectivity index is 1.85. The van der Waals surface area contributed by atoms with Gasteiger partial charge in [0.05, 0.1) is 0 Å². The third kappa shape index (κ3) is 3.20. The summed E-state index contributed by atoms with van der Waals surface area (Å²) in [6, 6.07) is 13.7. The van der Waals surface area contributed by atoms with Crippen LogP contribution in [0.1, 0.15) is 25.7 Å². The van der Waals surface area contributed by atoms with Crippen molar-refractivity contribution >= 4 is 17.0 Å². The van der Waals surface area contributed by atoms with Gasteiger partial charge in [0, 0.05) is 23.0 Å². The standard InChI is InChI=1S/C17H18FNO2S/c18-15-9-5-13(6-10-15)14-7-11-17(12-8-14)19(22(20)21)16-3-1-2-4-16/h5-12,16H,1-4H2,(H,20,21)/p-1. The van der Waals surface area contributed by atoms with Crippen LogP contribution in [0.4, 0.5) is 10.1 Å². The highest BCUT2D eigenvalue weighted by atomic mass is 32.2. The molecule has 0 N–H and O–H groups in total. The first-order valence-electron chi connectivity index (χ1n) is 7.40. The van der Waals surface area contributed by atoms with E-state index in [1.807, 2.05) is 24.3 Å². The number of nitrogens with zero attached hydrogens (tertiary/aromatic N) is 1. The molecule has 1 aliphatic rings. The highest BCUT2D eigenvalue weighted by molar-refractivity contribution is 7.80. The molecule has 0 saturated heterocycles. The maximum atomic E-state index is 13.0. The van der Waals surface area contributed by atoms with Gasteiger partial charge >= 0.3 is 0 Å². The zero-order valence-corrected chi connectivity index (χ0v) is 12.9. The van der Waals surface area contributed by atoms with E-state index in [0.29, 0.717) is 5.69 Å². The monoisotopic (exact) mass is 318 g/mol. The first-order chi connectivity index (χ1) is 10.6. The number of halogens is 1. The summed E-state index contributed by atoms with van der Waals surface area (Å²) in [6.45, 7) is 0. The number of hydrogen-bond donors (Lipinski definition) is 0. The van der Waals surface area contributed by atoms with Gasteiger partial charge in [-0.05, 0) is 48.2 Å². The smallest absolute Gasteiger partial charge is 0.123 e. The van der Waals surface area contributed by atoms with E-state index in [-0.39, 0.29) is 11.9 Å². The Hall–Kier alpha value is -1.72. The molecule has 1 atom stereocenters. The minimum Gasteiger partial charge on any atom is -0.755 e. The first-order valence-corrected chi connectivity index (χ1v) is 8.43. The fourth-order valence-corrected chi connectivity index (χ4v) is 3.75. The van der Waals surface area contributed by atoms with Crippen molar-refractivity contribution in [2.75, 3.05) is 4.31 Å². The predicted octanol–water partition coefficient (Wildman–Crippen LogP) is 4.04. The van der Waals surface area contributed by atoms with Gasteiger partial charge in [-0.1, -0.05) is 37.1 Å². The Kier molecular flexibility index (Phi) is 4.55. The molecule has 1 aliphatic carbocycles. The molecule has 0 aromatic heterocycles. The molecule has 3 rings (SSSR count). The van der Waals surface area contributed by atoms with Crippen molar-refractivity contribution in [3.05, 3.63) is 54.3 Å². The van der Waals surface area contributed by atoms with Crippen LogP contribution in [-0.4, -0.2) is 14.8 Å². The molecule has 22 heavy (non-hydrogen) atoms. The molecule has 0 aliphatic heterocycles. The van der Waals surface area contributed by atoms with E-state index in [0.717, 1.165) is 36.8 Å². The van der Waals surface area contributed by atoms with Crippen molar-refractivity contribution in [2.24, 2.45) is 0 Å². The summed E-state index contributed by atoms with van der Waals surface area (Å²) >= 11 is -2.26. The van der Waals surface area contributed by atoms with E-state index in [1.165, 1.54) is 16.4 Å². The molecule has 3 nitrogen and oxygen atoms in total. The number of rotatable bonds is 4. The SMILES string of the molecule is O=S([O-])N(c1ccc(-c2ccc(F)cc2)cc1)C1CCCC1.